The average Bonchev–Trinajstić information content (AvgIpc) is 2.42. The highest BCUT2D eigenvalue weighted by molar-refractivity contribution is 5.79. The minimum Gasteiger partial charge on any atom is -0.369 e. The Hall–Kier alpha value is -1.58. The van der Waals surface area contributed by atoms with Crippen LogP contribution in [0.25, 0.3) is 11.0 Å². The first-order valence-corrected chi connectivity index (χ1v) is 4.53. The van der Waals surface area contributed by atoms with Gasteiger partial charge in [-0.2, -0.15) is 0 Å². The van der Waals surface area contributed by atoms with E-state index >= 15 is 0 Å². The number of anilines is 1. The van der Waals surface area contributed by atoms with E-state index in [9.17, 15) is 4.39 Å². The Morgan fingerprint density at radius 2 is 2.14 bits per heavy atom. The monoisotopic (exact) mass is 193 g/mol. The van der Waals surface area contributed by atoms with Crippen LogP contribution in [0.5, 0.6) is 0 Å². The van der Waals surface area contributed by atoms with Crippen LogP contribution in [0, 0.1) is 5.82 Å². The first-order valence-electron chi connectivity index (χ1n) is 4.53. The molecule has 4 heteroatoms. The summed E-state index contributed by atoms with van der Waals surface area (Å²) in [4.78, 5) is 4.00. The number of nitrogens with two attached hydrogens (primary N) is 1. The van der Waals surface area contributed by atoms with Crippen LogP contribution in [-0.4, -0.2) is 9.55 Å². The van der Waals surface area contributed by atoms with Crippen LogP contribution in [0.15, 0.2) is 18.2 Å². The molecule has 0 radical (unpaired) electrons. The summed E-state index contributed by atoms with van der Waals surface area (Å²) in [7, 11) is 0. The molecule has 2 N–H and O–H groups in total. The summed E-state index contributed by atoms with van der Waals surface area (Å²) in [6, 6.07) is 5.06. The second-order valence-electron chi connectivity index (χ2n) is 3.54. The van der Waals surface area contributed by atoms with Gasteiger partial charge in [0.05, 0.1) is 5.52 Å². The van der Waals surface area contributed by atoms with Gasteiger partial charge in [0.15, 0.2) is 5.82 Å². The summed E-state index contributed by atoms with van der Waals surface area (Å²) in [5, 5.41) is 0. The van der Waals surface area contributed by atoms with Crippen LogP contribution in [0.2, 0.25) is 0 Å². The fourth-order valence-electron chi connectivity index (χ4n) is 1.64. The van der Waals surface area contributed by atoms with Gasteiger partial charge in [-0.1, -0.05) is 6.07 Å². The van der Waals surface area contributed by atoms with Crippen LogP contribution in [-0.2, 0) is 0 Å². The van der Waals surface area contributed by atoms with Gasteiger partial charge in [-0.25, -0.2) is 9.37 Å². The number of nitrogens with zero attached hydrogens (tertiary/aromatic N) is 2. The Morgan fingerprint density at radius 1 is 1.43 bits per heavy atom. The standard InChI is InChI=1S/C10H12FN3/c1-6(2)14-8-5-3-4-7(11)9(8)13-10(14)12/h3-6H,1-2H3,(H2,12,13). The van der Waals surface area contributed by atoms with E-state index < -0.39 is 0 Å². The van der Waals surface area contributed by atoms with Gasteiger partial charge in [0, 0.05) is 6.04 Å². The number of aromatic nitrogens is 2. The molecule has 1 aromatic heterocycles. The maximum absolute atomic E-state index is 13.3. The quantitative estimate of drug-likeness (QED) is 0.755. The number of rotatable bonds is 1. The molecule has 3 nitrogen and oxygen atoms in total. The molecule has 0 aliphatic rings. The first-order chi connectivity index (χ1) is 6.61. The van der Waals surface area contributed by atoms with Crippen molar-refractivity contribution in [1.82, 2.24) is 9.55 Å². The van der Waals surface area contributed by atoms with Crippen molar-refractivity contribution < 1.29 is 4.39 Å². The Labute approximate surface area is 81.4 Å². The number of nitrogen functional groups attached to an aromatic ring is 1. The number of halogens is 1. The molecule has 1 aromatic carbocycles. The molecular formula is C10H12FN3. The lowest BCUT2D eigenvalue weighted by atomic mass is 10.3. The van der Waals surface area contributed by atoms with Crippen molar-refractivity contribution in [3.8, 4) is 0 Å². The predicted octanol–water partition coefficient (Wildman–Crippen LogP) is 2.34. The number of fused-ring (bicyclic) bond motifs is 1. The Balaban J connectivity index is 2.83. The summed E-state index contributed by atoms with van der Waals surface area (Å²) in [5.41, 5.74) is 6.80. The third-order valence-electron chi connectivity index (χ3n) is 2.21. The van der Waals surface area contributed by atoms with Crippen LogP contribution < -0.4 is 5.73 Å². The van der Waals surface area contributed by atoms with Crippen LogP contribution >= 0.6 is 0 Å². The van der Waals surface area contributed by atoms with Gasteiger partial charge in [-0.15, -0.1) is 0 Å². The molecule has 0 saturated carbocycles. The summed E-state index contributed by atoms with van der Waals surface area (Å²) >= 11 is 0. The molecular weight excluding hydrogens is 181 g/mol. The molecule has 14 heavy (non-hydrogen) atoms. The Morgan fingerprint density at radius 3 is 2.79 bits per heavy atom. The lowest BCUT2D eigenvalue weighted by molar-refractivity contribution is 0.625. The second-order valence-corrected chi connectivity index (χ2v) is 3.54. The van der Waals surface area contributed by atoms with Gasteiger partial charge < -0.3 is 10.3 Å². The smallest absolute Gasteiger partial charge is 0.201 e. The minimum absolute atomic E-state index is 0.182. The van der Waals surface area contributed by atoms with Gasteiger partial charge >= 0.3 is 0 Å². The van der Waals surface area contributed by atoms with Crippen molar-refractivity contribution in [3.05, 3.63) is 24.0 Å². The second kappa shape index (κ2) is 2.97. The van der Waals surface area contributed by atoms with Crippen molar-refractivity contribution in [2.24, 2.45) is 0 Å². The fraction of sp³-hybridized carbons (Fsp3) is 0.300. The zero-order valence-corrected chi connectivity index (χ0v) is 8.16. The van der Waals surface area contributed by atoms with Gasteiger partial charge in [0.1, 0.15) is 5.52 Å². The molecule has 0 spiro atoms. The van der Waals surface area contributed by atoms with E-state index in [1.165, 1.54) is 6.07 Å². The van der Waals surface area contributed by atoms with Gasteiger partial charge in [0.25, 0.3) is 0 Å². The number of hydrogen-bond donors (Lipinski definition) is 1. The van der Waals surface area contributed by atoms with E-state index in [4.69, 9.17) is 5.73 Å². The van der Waals surface area contributed by atoms with E-state index in [2.05, 4.69) is 4.98 Å². The first kappa shape index (κ1) is 8.99. The van der Waals surface area contributed by atoms with Crippen LogP contribution in [0.3, 0.4) is 0 Å². The van der Waals surface area contributed by atoms with Crippen molar-refractivity contribution >= 4 is 17.0 Å². The largest absolute Gasteiger partial charge is 0.369 e. The highest BCUT2D eigenvalue weighted by Gasteiger charge is 2.12. The van der Waals surface area contributed by atoms with E-state index in [0.29, 0.717) is 11.5 Å². The molecule has 2 aromatic rings. The SMILES string of the molecule is CC(C)n1c(N)nc2c(F)cccc21. The molecule has 0 fully saturated rings. The Bertz CT molecular complexity index is 473. The number of para-hydroxylation sites is 1. The molecule has 74 valence electrons. The summed E-state index contributed by atoms with van der Waals surface area (Å²) in [5.74, 6) is 0.0358. The number of benzene rings is 1. The van der Waals surface area contributed by atoms with Crippen LogP contribution in [0.4, 0.5) is 10.3 Å². The molecule has 1 heterocycles. The predicted molar refractivity (Wildman–Crippen MR) is 54.5 cm³/mol. The molecule has 2 rings (SSSR count). The third kappa shape index (κ3) is 1.14. The third-order valence-corrected chi connectivity index (χ3v) is 2.21. The maximum atomic E-state index is 13.3. The van der Waals surface area contributed by atoms with Crippen molar-refractivity contribution in [2.75, 3.05) is 5.73 Å². The topological polar surface area (TPSA) is 43.8 Å². The van der Waals surface area contributed by atoms with Gasteiger partial charge in [-0.05, 0) is 26.0 Å². The van der Waals surface area contributed by atoms with Crippen molar-refractivity contribution in [2.45, 2.75) is 19.9 Å². The van der Waals surface area contributed by atoms with Gasteiger partial charge in [0.2, 0.25) is 5.95 Å². The highest BCUT2D eigenvalue weighted by Crippen LogP contribution is 2.23. The van der Waals surface area contributed by atoms with Gasteiger partial charge in [-0.3, -0.25) is 0 Å². The fourth-order valence-corrected chi connectivity index (χ4v) is 1.64. The normalized spacial score (nSPS) is 11.4. The zero-order chi connectivity index (χ0) is 10.3. The number of hydrogen-bond acceptors (Lipinski definition) is 2. The molecule has 0 aliphatic carbocycles. The maximum Gasteiger partial charge on any atom is 0.201 e. The van der Waals surface area contributed by atoms with E-state index in [1.807, 2.05) is 24.5 Å². The molecule has 0 amide bonds. The summed E-state index contributed by atoms with van der Waals surface area (Å²) in [6.07, 6.45) is 0. The molecule has 0 aliphatic heterocycles. The lowest BCUT2D eigenvalue weighted by Crippen LogP contribution is -2.05. The molecule has 0 saturated heterocycles. The highest BCUT2D eigenvalue weighted by atomic mass is 19.1. The van der Waals surface area contributed by atoms with Crippen molar-refractivity contribution in [3.63, 3.8) is 0 Å². The molecule has 0 unspecified atom stereocenters. The minimum atomic E-state index is -0.325. The molecule has 0 bridgehead atoms. The van der Waals surface area contributed by atoms with E-state index in [0.717, 1.165) is 5.52 Å². The summed E-state index contributed by atoms with van der Waals surface area (Å²) in [6.45, 7) is 3.98. The summed E-state index contributed by atoms with van der Waals surface area (Å²) < 4.78 is 15.1. The zero-order valence-electron chi connectivity index (χ0n) is 8.16. The van der Waals surface area contributed by atoms with E-state index in [1.54, 1.807) is 6.07 Å². The number of imidazole rings is 1. The Kier molecular flexibility index (Phi) is 1.91. The molecule has 0 atom stereocenters. The average molecular weight is 193 g/mol. The lowest BCUT2D eigenvalue weighted by Gasteiger charge is -2.09. The van der Waals surface area contributed by atoms with E-state index in [-0.39, 0.29) is 11.9 Å². The van der Waals surface area contributed by atoms with Crippen molar-refractivity contribution in [1.29, 1.82) is 0 Å². The van der Waals surface area contributed by atoms with Crippen LogP contribution in [0.1, 0.15) is 19.9 Å².